The van der Waals surface area contributed by atoms with Crippen molar-refractivity contribution >= 4 is 54.3 Å². The Balaban J connectivity index is 1.35. The van der Waals surface area contributed by atoms with Gasteiger partial charge in [0.2, 0.25) is 0 Å². The summed E-state index contributed by atoms with van der Waals surface area (Å²) in [4.78, 5) is 0. The van der Waals surface area contributed by atoms with Gasteiger partial charge in [0.15, 0.2) is 0 Å². The molecule has 0 fully saturated rings. The van der Waals surface area contributed by atoms with Crippen LogP contribution in [0.5, 0.6) is 0 Å². The van der Waals surface area contributed by atoms with Crippen molar-refractivity contribution in [3.63, 3.8) is 0 Å². The molecule has 0 radical (unpaired) electrons. The minimum absolute atomic E-state index is 0.0370. The molecule has 1 heteroatoms. The average Bonchev–Trinajstić information content (AvgIpc) is 3.72. The van der Waals surface area contributed by atoms with Crippen LogP contribution < -0.4 is 0 Å². The topological polar surface area (TPSA) is 13.1 Å². The largest absolute Gasteiger partial charge is 0.455 e. The Labute approximate surface area is 311 Å². The maximum absolute atomic E-state index is 9.76. The number of furan rings is 1. The van der Waals surface area contributed by atoms with Crippen LogP contribution in [0, 0.1) is 0 Å². The summed E-state index contributed by atoms with van der Waals surface area (Å²) >= 11 is 0. The van der Waals surface area contributed by atoms with Gasteiger partial charge in [-0.15, -0.1) is 0 Å². The maximum Gasteiger partial charge on any atom is 0.143 e. The highest BCUT2D eigenvalue weighted by molar-refractivity contribution is 6.24. The lowest BCUT2D eigenvalue weighted by molar-refractivity contribution is 0.673. The molecule has 9 aromatic carbocycles. The fourth-order valence-corrected chi connectivity index (χ4v) is 6.74. The van der Waals surface area contributed by atoms with Gasteiger partial charge in [0, 0.05) is 16.2 Å². The Morgan fingerprint density at radius 3 is 1.55 bits per heavy atom. The van der Waals surface area contributed by atoms with E-state index in [9.17, 15) is 2.74 Å². The molecule has 10 rings (SSSR count). The van der Waals surface area contributed by atoms with Crippen LogP contribution in [0.2, 0.25) is 0 Å². The second-order valence-electron chi connectivity index (χ2n) is 11.4. The van der Waals surface area contributed by atoms with Gasteiger partial charge >= 0.3 is 0 Å². The quantitative estimate of drug-likeness (QED) is 0.174. The van der Waals surface area contributed by atoms with Crippen LogP contribution in [0.15, 0.2) is 186 Å². The lowest BCUT2D eigenvalue weighted by Gasteiger charge is -2.19. The Hall–Kier alpha value is -6.44. The first-order chi connectivity index (χ1) is 32.2. The van der Waals surface area contributed by atoms with E-state index in [1.807, 2.05) is 0 Å². The number of benzene rings is 9. The van der Waals surface area contributed by atoms with Gasteiger partial charge in [0.1, 0.15) is 11.2 Å². The van der Waals surface area contributed by atoms with Gasteiger partial charge in [-0.2, -0.15) is 0 Å². The molecule has 0 N–H and O–H groups in total. The first-order valence-corrected chi connectivity index (χ1v) is 15.3. The summed E-state index contributed by atoms with van der Waals surface area (Å²) in [6.45, 7) is 0. The standard InChI is InChI=1S/C48H30O/c1-3-15-31(16-4-1)34-19-7-9-21-36(34)47-39-24-12-10-22-37(39)46(38-23-11-13-25-40(38)47)33-27-28-45-43(29-33)44-30-42(32-17-5-2-6-18-32)35-20-8-14-26-41(35)48(44)49-45/h1-30H/i1D,2D,3D,4D,5D,6D,7D,8D,9D,14D,15D,16D,17D,18D,19D,20D,21D,26D,30D. The summed E-state index contributed by atoms with van der Waals surface area (Å²) in [6, 6.07) is 7.09. The molecule has 49 heavy (non-hydrogen) atoms. The first kappa shape index (κ1) is 14.8. The van der Waals surface area contributed by atoms with E-state index in [4.69, 9.17) is 27.7 Å². The molecule has 1 heterocycles. The van der Waals surface area contributed by atoms with E-state index in [1.54, 1.807) is 66.7 Å². The Bertz CT molecular complexity index is 3850. The van der Waals surface area contributed by atoms with Crippen LogP contribution in [0.4, 0.5) is 0 Å². The van der Waals surface area contributed by atoms with Crippen molar-refractivity contribution in [2.24, 2.45) is 0 Å². The fraction of sp³-hybridized carbons (Fsp3) is 0. The summed E-state index contributed by atoms with van der Waals surface area (Å²) in [5.41, 5.74) is -0.0161. The predicted molar refractivity (Wildman–Crippen MR) is 208 cm³/mol. The minimum Gasteiger partial charge on any atom is -0.455 e. The summed E-state index contributed by atoms with van der Waals surface area (Å²) < 4.78 is 173. The summed E-state index contributed by atoms with van der Waals surface area (Å²) in [5, 5.41) is 1.92. The molecule has 0 aliphatic carbocycles. The summed E-state index contributed by atoms with van der Waals surface area (Å²) in [5.74, 6) is 0. The molecule has 0 saturated carbocycles. The third-order valence-corrected chi connectivity index (χ3v) is 8.76. The number of hydrogen-bond acceptors (Lipinski definition) is 1. The fourth-order valence-electron chi connectivity index (χ4n) is 6.74. The Kier molecular flexibility index (Phi) is 3.34. The van der Waals surface area contributed by atoms with Gasteiger partial charge in [0.05, 0.1) is 26.0 Å². The Morgan fingerprint density at radius 1 is 0.367 bits per heavy atom. The van der Waals surface area contributed by atoms with Gasteiger partial charge in [-0.3, -0.25) is 0 Å². The third kappa shape index (κ3) is 4.33. The van der Waals surface area contributed by atoms with Crippen LogP contribution in [0.3, 0.4) is 0 Å². The van der Waals surface area contributed by atoms with Gasteiger partial charge in [-0.1, -0.05) is 163 Å². The molecule has 0 atom stereocenters. The lowest BCUT2D eigenvalue weighted by Crippen LogP contribution is -1.92. The van der Waals surface area contributed by atoms with Gasteiger partial charge in [0.25, 0.3) is 0 Å². The molecule has 0 bridgehead atoms. The van der Waals surface area contributed by atoms with Crippen molar-refractivity contribution < 1.29 is 30.5 Å². The second kappa shape index (κ2) is 11.1. The van der Waals surface area contributed by atoms with Gasteiger partial charge < -0.3 is 4.42 Å². The minimum atomic E-state index is -0.706. The van der Waals surface area contributed by atoms with Crippen LogP contribution in [-0.2, 0) is 0 Å². The highest BCUT2D eigenvalue weighted by Crippen LogP contribution is 2.47. The van der Waals surface area contributed by atoms with E-state index in [2.05, 4.69) is 0 Å². The molecular formula is C48H30O. The molecule has 0 spiro atoms. The van der Waals surface area contributed by atoms with E-state index < -0.39 is 126 Å². The van der Waals surface area contributed by atoms with E-state index >= 15 is 0 Å². The van der Waals surface area contributed by atoms with Crippen LogP contribution in [0.1, 0.15) is 26.0 Å². The van der Waals surface area contributed by atoms with Gasteiger partial charge in [-0.25, -0.2) is 0 Å². The highest BCUT2D eigenvalue weighted by Gasteiger charge is 2.20. The predicted octanol–water partition coefficient (Wildman–Crippen LogP) is 13.7. The zero-order valence-electron chi connectivity index (χ0n) is 44.3. The number of fused-ring (bicyclic) bond motifs is 7. The van der Waals surface area contributed by atoms with Crippen molar-refractivity contribution in [2.45, 2.75) is 0 Å². The molecule has 1 nitrogen and oxygen atoms in total. The molecule has 1 aromatic heterocycles. The lowest BCUT2D eigenvalue weighted by atomic mass is 9.83. The van der Waals surface area contributed by atoms with E-state index in [1.165, 1.54) is 0 Å². The molecule has 10 aromatic rings. The van der Waals surface area contributed by atoms with Gasteiger partial charge in [-0.05, 0) is 89.6 Å². The van der Waals surface area contributed by atoms with E-state index in [0.717, 1.165) is 0 Å². The third-order valence-electron chi connectivity index (χ3n) is 8.76. The van der Waals surface area contributed by atoms with Crippen molar-refractivity contribution in [3.8, 4) is 44.5 Å². The molecule has 0 saturated heterocycles. The molecular weight excluding hydrogens is 593 g/mol. The summed E-state index contributed by atoms with van der Waals surface area (Å²) in [7, 11) is 0. The van der Waals surface area contributed by atoms with E-state index in [-0.39, 0.29) is 49.4 Å². The van der Waals surface area contributed by atoms with Crippen LogP contribution in [-0.4, -0.2) is 0 Å². The monoisotopic (exact) mass is 641 g/mol. The van der Waals surface area contributed by atoms with Crippen LogP contribution in [0.25, 0.3) is 98.8 Å². The normalized spacial score (nSPS) is 17.1. The smallest absolute Gasteiger partial charge is 0.143 e. The second-order valence-corrected chi connectivity index (χ2v) is 11.4. The molecule has 0 aliphatic rings. The van der Waals surface area contributed by atoms with Crippen molar-refractivity contribution in [1.29, 1.82) is 0 Å². The van der Waals surface area contributed by atoms with Crippen LogP contribution >= 0.6 is 0 Å². The zero-order chi connectivity index (χ0) is 48.8. The zero-order valence-corrected chi connectivity index (χ0v) is 25.3. The SMILES string of the molecule is [2H]c1c([2H])c([2H])c(-c2c([2H])c([2H])c([2H])c([2H])c2-c2c3ccccc3c(-c3ccc4oc5c6c([2H])c([2H])c([2H])c([2H])c6c(-c6c([2H])c([2H])c([2H])c([2H])c6[2H])c([2H])c5c4c3)c3ccccc23)c([2H])c1[2H]. The highest BCUT2D eigenvalue weighted by atomic mass is 16.3. The number of rotatable bonds is 4. The van der Waals surface area contributed by atoms with E-state index in [0.29, 0.717) is 38.2 Å². The summed E-state index contributed by atoms with van der Waals surface area (Å²) in [6.07, 6.45) is 0. The van der Waals surface area contributed by atoms with Crippen molar-refractivity contribution in [1.82, 2.24) is 0 Å². The molecule has 0 amide bonds. The molecule has 0 aliphatic heterocycles. The van der Waals surface area contributed by atoms with Crippen molar-refractivity contribution in [3.05, 3.63) is 182 Å². The first-order valence-electron chi connectivity index (χ1n) is 24.8. The number of hydrogen-bond donors (Lipinski definition) is 0. The average molecular weight is 642 g/mol. The van der Waals surface area contributed by atoms with Crippen molar-refractivity contribution in [2.75, 3.05) is 0 Å². The molecule has 0 unspecified atom stereocenters. The molecule has 228 valence electrons. The Morgan fingerprint density at radius 2 is 0.898 bits per heavy atom. The maximum atomic E-state index is 9.76.